The Hall–Kier alpha value is -1.31. The molecule has 0 rings (SSSR count). The molecule has 0 spiro atoms. The summed E-state index contributed by atoms with van der Waals surface area (Å²) in [4.78, 5) is 10.9. The zero-order valence-electron chi connectivity index (χ0n) is 10.3. The molecule has 0 aliphatic rings. The Morgan fingerprint density at radius 3 is 2.75 bits per heavy atom. The standard InChI is InChI=1S/C14H22O2/c1-4-6-8-9-10-12-14(11-7-5-2)16-13(3)15/h4-8,14H,1,9-12H2,2-3H3. The van der Waals surface area contributed by atoms with Crippen LogP contribution in [0.3, 0.4) is 0 Å². The molecule has 0 heterocycles. The summed E-state index contributed by atoms with van der Waals surface area (Å²) >= 11 is 0. The van der Waals surface area contributed by atoms with E-state index in [4.69, 9.17) is 4.74 Å². The van der Waals surface area contributed by atoms with E-state index in [1.54, 1.807) is 6.08 Å². The Morgan fingerprint density at radius 2 is 2.19 bits per heavy atom. The van der Waals surface area contributed by atoms with Crippen LogP contribution < -0.4 is 0 Å². The molecule has 0 aromatic carbocycles. The minimum Gasteiger partial charge on any atom is -0.462 e. The van der Waals surface area contributed by atoms with Crippen molar-refractivity contribution >= 4 is 5.97 Å². The summed E-state index contributed by atoms with van der Waals surface area (Å²) in [5, 5.41) is 0. The molecule has 0 radical (unpaired) electrons. The zero-order chi connectivity index (χ0) is 12.2. The second-order valence-electron chi connectivity index (χ2n) is 3.63. The predicted octanol–water partition coefficient (Wildman–Crippen LogP) is 3.80. The van der Waals surface area contributed by atoms with E-state index in [1.807, 2.05) is 25.2 Å². The average molecular weight is 222 g/mol. The molecule has 90 valence electrons. The van der Waals surface area contributed by atoms with Crippen LogP contribution in [-0.2, 0) is 9.53 Å². The van der Waals surface area contributed by atoms with E-state index >= 15 is 0 Å². The van der Waals surface area contributed by atoms with Crippen molar-refractivity contribution in [3.8, 4) is 0 Å². The van der Waals surface area contributed by atoms with Gasteiger partial charge in [0.15, 0.2) is 0 Å². The summed E-state index contributed by atoms with van der Waals surface area (Å²) < 4.78 is 5.22. The minimum atomic E-state index is -0.198. The van der Waals surface area contributed by atoms with Gasteiger partial charge in [0.05, 0.1) is 0 Å². The van der Waals surface area contributed by atoms with Gasteiger partial charge in [-0.05, 0) is 26.2 Å². The molecular formula is C14H22O2. The van der Waals surface area contributed by atoms with Crippen LogP contribution in [0.5, 0.6) is 0 Å². The molecule has 0 aromatic heterocycles. The van der Waals surface area contributed by atoms with Crippen molar-refractivity contribution in [3.05, 3.63) is 37.0 Å². The van der Waals surface area contributed by atoms with E-state index in [1.165, 1.54) is 6.92 Å². The summed E-state index contributed by atoms with van der Waals surface area (Å²) in [6.07, 6.45) is 13.6. The first-order valence-corrected chi connectivity index (χ1v) is 5.76. The number of allylic oxidation sites excluding steroid dienone is 4. The number of rotatable bonds is 8. The van der Waals surface area contributed by atoms with Crippen molar-refractivity contribution in [2.75, 3.05) is 0 Å². The highest BCUT2D eigenvalue weighted by Crippen LogP contribution is 2.10. The molecule has 16 heavy (non-hydrogen) atoms. The Morgan fingerprint density at radius 1 is 1.44 bits per heavy atom. The molecule has 0 aromatic rings. The van der Waals surface area contributed by atoms with Crippen molar-refractivity contribution in [3.63, 3.8) is 0 Å². The SMILES string of the molecule is C=CC=CCCCC(CC=CC)OC(C)=O. The molecule has 0 saturated heterocycles. The highest BCUT2D eigenvalue weighted by molar-refractivity contribution is 5.66. The number of ether oxygens (including phenoxy) is 1. The average Bonchev–Trinajstić information content (AvgIpc) is 2.24. The monoisotopic (exact) mass is 222 g/mol. The van der Waals surface area contributed by atoms with Crippen LogP contribution >= 0.6 is 0 Å². The molecule has 0 bridgehead atoms. The molecule has 0 fully saturated rings. The van der Waals surface area contributed by atoms with Gasteiger partial charge in [-0.25, -0.2) is 0 Å². The van der Waals surface area contributed by atoms with Crippen LogP contribution in [0, 0.1) is 0 Å². The molecule has 0 aliphatic heterocycles. The van der Waals surface area contributed by atoms with Gasteiger partial charge in [0.25, 0.3) is 0 Å². The minimum absolute atomic E-state index is 0.0193. The third-order valence-corrected chi connectivity index (χ3v) is 2.14. The number of hydrogen-bond donors (Lipinski definition) is 0. The van der Waals surface area contributed by atoms with Gasteiger partial charge in [-0.3, -0.25) is 4.79 Å². The molecule has 0 aliphatic carbocycles. The van der Waals surface area contributed by atoms with Crippen molar-refractivity contribution in [2.45, 2.75) is 45.6 Å². The van der Waals surface area contributed by atoms with Gasteiger partial charge in [-0.1, -0.05) is 37.0 Å². The molecule has 1 atom stereocenters. The summed E-state index contributed by atoms with van der Waals surface area (Å²) in [6, 6.07) is 0. The third kappa shape index (κ3) is 9.25. The van der Waals surface area contributed by atoms with E-state index in [2.05, 4.69) is 12.7 Å². The highest BCUT2D eigenvalue weighted by Gasteiger charge is 2.09. The summed E-state index contributed by atoms with van der Waals surface area (Å²) in [7, 11) is 0. The fraction of sp³-hybridized carbons (Fsp3) is 0.500. The Kier molecular flexibility index (Phi) is 9.38. The van der Waals surface area contributed by atoms with Gasteiger partial charge in [-0.2, -0.15) is 0 Å². The first-order valence-electron chi connectivity index (χ1n) is 5.76. The first kappa shape index (κ1) is 14.7. The second-order valence-corrected chi connectivity index (χ2v) is 3.63. The highest BCUT2D eigenvalue weighted by atomic mass is 16.5. The van der Waals surface area contributed by atoms with Crippen LogP contribution in [0.1, 0.15) is 39.5 Å². The fourth-order valence-electron chi connectivity index (χ4n) is 1.40. The van der Waals surface area contributed by atoms with Crippen molar-refractivity contribution < 1.29 is 9.53 Å². The van der Waals surface area contributed by atoms with Crippen molar-refractivity contribution in [2.24, 2.45) is 0 Å². The molecule has 2 heteroatoms. The maximum absolute atomic E-state index is 10.9. The molecule has 0 N–H and O–H groups in total. The molecule has 2 nitrogen and oxygen atoms in total. The van der Waals surface area contributed by atoms with E-state index in [0.717, 1.165) is 25.7 Å². The maximum atomic E-state index is 10.9. The summed E-state index contributed by atoms with van der Waals surface area (Å²) in [5.74, 6) is -0.198. The Balaban J connectivity index is 3.85. The number of carbonyl (C=O) groups excluding carboxylic acids is 1. The van der Waals surface area contributed by atoms with Crippen LogP contribution in [-0.4, -0.2) is 12.1 Å². The lowest BCUT2D eigenvalue weighted by Gasteiger charge is -2.14. The molecular weight excluding hydrogens is 200 g/mol. The number of esters is 1. The smallest absolute Gasteiger partial charge is 0.302 e. The molecule has 1 unspecified atom stereocenters. The lowest BCUT2D eigenvalue weighted by atomic mass is 10.1. The number of carbonyl (C=O) groups is 1. The van der Waals surface area contributed by atoms with Crippen LogP contribution in [0.25, 0.3) is 0 Å². The zero-order valence-corrected chi connectivity index (χ0v) is 10.3. The van der Waals surface area contributed by atoms with Crippen LogP contribution in [0.2, 0.25) is 0 Å². The predicted molar refractivity (Wildman–Crippen MR) is 68.2 cm³/mol. The van der Waals surface area contributed by atoms with Gasteiger partial charge >= 0.3 is 5.97 Å². The normalized spacial score (nSPS) is 13.1. The van der Waals surface area contributed by atoms with Gasteiger partial charge in [-0.15, -0.1) is 0 Å². The quantitative estimate of drug-likeness (QED) is 0.270. The van der Waals surface area contributed by atoms with Crippen LogP contribution in [0.4, 0.5) is 0 Å². The van der Waals surface area contributed by atoms with E-state index < -0.39 is 0 Å². The van der Waals surface area contributed by atoms with Gasteiger partial charge in [0.1, 0.15) is 6.10 Å². The number of unbranched alkanes of at least 4 members (excludes halogenated alkanes) is 1. The second kappa shape index (κ2) is 10.2. The molecule has 0 amide bonds. The lowest BCUT2D eigenvalue weighted by molar-refractivity contribution is -0.146. The first-order chi connectivity index (χ1) is 7.70. The third-order valence-electron chi connectivity index (χ3n) is 2.14. The maximum Gasteiger partial charge on any atom is 0.302 e. The van der Waals surface area contributed by atoms with E-state index in [9.17, 15) is 4.79 Å². The van der Waals surface area contributed by atoms with Gasteiger partial charge in [0.2, 0.25) is 0 Å². The van der Waals surface area contributed by atoms with E-state index in [-0.39, 0.29) is 12.1 Å². The number of hydrogen-bond acceptors (Lipinski definition) is 2. The fourth-order valence-corrected chi connectivity index (χ4v) is 1.40. The largest absolute Gasteiger partial charge is 0.462 e. The summed E-state index contributed by atoms with van der Waals surface area (Å²) in [6.45, 7) is 7.04. The molecule has 0 saturated carbocycles. The van der Waals surface area contributed by atoms with Gasteiger partial charge in [0, 0.05) is 13.3 Å². The van der Waals surface area contributed by atoms with Gasteiger partial charge < -0.3 is 4.74 Å². The topological polar surface area (TPSA) is 26.3 Å². The van der Waals surface area contributed by atoms with Crippen LogP contribution in [0.15, 0.2) is 37.0 Å². The van der Waals surface area contributed by atoms with Crippen molar-refractivity contribution in [1.29, 1.82) is 0 Å². The van der Waals surface area contributed by atoms with E-state index in [0.29, 0.717) is 0 Å². The Bertz CT molecular complexity index is 251. The Labute approximate surface area is 98.7 Å². The van der Waals surface area contributed by atoms with Crippen molar-refractivity contribution in [1.82, 2.24) is 0 Å². The lowest BCUT2D eigenvalue weighted by Crippen LogP contribution is -2.15. The summed E-state index contributed by atoms with van der Waals surface area (Å²) in [5.41, 5.74) is 0.